The molecule has 5 heteroatoms. The van der Waals surface area contributed by atoms with Crippen LogP contribution in [0.1, 0.15) is 15.9 Å². The van der Waals surface area contributed by atoms with Crippen LogP contribution in [-0.2, 0) is 4.74 Å². The quantitative estimate of drug-likeness (QED) is 0.491. The van der Waals surface area contributed by atoms with Gasteiger partial charge in [-0.1, -0.05) is 0 Å². The molecule has 0 bridgehead atoms. The fourth-order valence-electron chi connectivity index (χ4n) is 0.981. The zero-order valence-electron chi connectivity index (χ0n) is 7.24. The molecule has 0 fully saturated rings. The predicted molar refractivity (Wildman–Crippen MR) is 62.5 cm³/mol. The first-order valence-electron chi connectivity index (χ1n) is 3.61. The Kier molecular flexibility index (Phi) is 3.77. The van der Waals surface area contributed by atoms with E-state index in [0.29, 0.717) is 4.90 Å². The van der Waals surface area contributed by atoms with Gasteiger partial charge in [0.1, 0.15) is 6.07 Å². The number of hydrogen-bond donors (Lipinski definition) is 1. The summed E-state index contributed by atoms with van der Waals surface area (Å²) in [6.07, 6.45) is 0. The van der Waals surface area contributed by atoms with Crippen molar-refractivity contribution in [1.82, 2.24) is 0 Å². The molecule has 0 saturated heterocycles. The zero-order valence-corrected chi connectivity index (χ0v) is 10.3. The summed E-state index contributed by atoms with van der Waals surface area (Å²) in [4.78, 5) is 11.8. The van der Waals surface area contributed by atoms with Crippen LogP contribution in [-0.4, -0.2) is 13.1 Å². The smallest absolute Gasteiger partial charge is 0.339 e. The Morgan fingerprint density at radius 3 is 2.79 bits per heavy atom. The van der Waals surface area contributed by atoms with Gasteiger partial charge in [-0.3, -0.25) is 0 Å². The molecule has 0 heterocycles. The van der Waals surface area contributed by atoms with E-state index < -0.39 is 5.97 Å². The molecule has 0 radical (unpaired) electrons. The van der Waals surface area contributed by atoms with Gasteiger partial charge in [-0.05, 0) is 34.7 Å². The maximum Gasteiger partial charge on any atom is 0.339 e. The molecule has 0 atom stereocenters. The summed E-state index contributed by atoms with van der Waals surface area (Å²) in [5.74, 6) is -0.518. The largest absolute Gasteiger partial charge is 0.465 e. The third kappa shape index (κ3) is 2.19. The first-order valence-corrected chi connectivity index (χ1v) is 5.13. The van der Waals surface area contributed by atoms with Gasteiger partial charge >= 0.3 is 5.97 Å². The van der Waals surface area contributed by atoms with Crippen LogP contribution in [0.3, 0.4) is 0 Å². The molecular formula is C9H6INO2S. The molecule has 3 nitrogen and oxygen atoms in total. The molecule has 0 spiro atoms. The van der Waals surface area contributed by atoms with Crippen molar-refractivity contribution in [3.05, 3.63) is 26.8 Å². The number of benzene rings is 1. The lowest BCUT2D eigenvalue weighted by Crippen LogP contribution is -2.05. The van der Waals surface area contributed by atoms with Crippen LogP contribution in [0.5, 0.6) is 0 Å². The van der Waals surface area contributed by atoms with Crippen LogP contribution >= 0.6 is 35.2 Å². The van der Waals surface area contributed by atoms with Gasteiger partial charge in [0.25, 0.3) is 0 Å². The summed E-state index contributed by atoms with van der Waals surface area (Å²) in [5, 5.41) is 8.83. The lowest BCUT2D eigenvalue weighted by atomic mass is 10.1. The number of esters is 1. The molecular weight excluding hydrogens is 313 g/mol. The summed E-state index contributed by atoms with van der Waals surface area (Å²) in [5.41, 5.74) is 0.507. The van der Waals surface area contributed by atoms with E-state index >= 15 is 0 Å². The molecule has 1 aromatic carbocycles. The average Bonchev–Trinajstić information content (AvgIpc) is 2.15. The van der Waals surface area contributed by atoms with E-state index in [1.165, 1.54) is 7.11 Å². The van der Waals surface area contributed by atoms with Gasteiger partial charge in [-0.15, -0.1) is 12.6 Å². The molecule has 1 rings (SSSR count). The Labute approximate surface area is 101 Å². The Morgan fingerprint density at radius 1 is 1.64 bits per heavy atom. The minimum atomic E-state index is -0.518. The van der Waals surface area contributed by atoms with Crippen molar-refractivity contribution in [2.75, 3.05) is 7.11 Å². The van der Waals surface area contributed by atoms with Gasteiger partial charge in [0.2, 0.25) is 0 Å². The summed E-state index contributed by atoms with van der Waals surface area (Å²) < 4.78 is 5.40. The maximum absolute atomic E-state index is 11.3. The second-order valence-corrected chi connectivity index (χ2v) is 4.18. The Hall–Kier alpha value is -0.740. The number of ether oxygens (including phenoxy) is 1. The minimum Gasteiger partial charge on any atom is -0.465 e. The van der Waals surface area contributed by atoms with Gasteiger partial charge in [0.05, 0.1) is 18.2 Å². The summed E-state index contributed by atoms with van der Waals surface area (Å²) in [6, 6.07) is 5.24. The Bertz CT molecular complexity index is 426. The van der Waals surface area contributed by atoms with E-state index in [-0.39, 0.29) is 11.1 Å². The summed E-state index contributed by atoms with van der Waals surface area (Å²) in [6.45, 7) is 0. The Balaban J connectivity index is 3.41. The number of hydrogen-bond acceptors (Lipinski definition) is 4. The van der Waals surface area contributed by atoms with E-state index in [1.807, 2.05) is 28.7 Å². The van der Waals surface area contributed by atoms with Gasteiger partial charge in [-0.25, -0.2) is 4.79 Å². The van der Waals surface area contributed by atoms with Crippen molar-refractivity contribution in [2.45, 2.75) is 4.90 Å². The summed E-state index contributed by atoms with van der Waals surface area (Å²) >= 11 is 6.16. The van der Waals surface area contributed by atoms with Crippen LogP contribution in [0.15, 0.2) is 17.0 Å². The molecule has 0 aromatic heterocycles. The number of carbonyl (C=O) groups excluding carboxylic acids is 1. The molecule has 0 aliphatic rings. The number of methoxy groups -OCH3 is 1. The molecule has 1 aromatic rings. The van der Waals surface area contributed by atoms with E-state index in [2.05, 4.69) is 17.4 Å². The highest BCUT2D eigenvalue weighted by Gasteiger charge is 2.14. The first kappa shape index (κ1) is 11.3. The maximum atomic E-state index is 11.3. The van der Waals surface area contributed by atoms with Crippen molar-refractivity contribution in [1.29, 1.82) is 5.26 Å². The number of nitriles is 1. The van der Waals surface area contributed by atoms with Crippen molar-refractivity contribution >= 4 is 41.2 Å². The first-order chi connectivity index (χ1) is 6.60. The van der Waals surface area contributed by atoms with Crippen LogP contribution < -0.4 is 0 Å². The highest BCUT2D eigenvalue weighted by atomic mass is 127. The average molecular weight is 319 g/mol. The SMILES string of the molecule is COC(=O)c1cc(I)cc(S)c1C#N. The fraction of sp³-hybridized carbons (Fsp3) is 0.111. The van der Waals surface area contributed by atoms with Crippen molar-refractivity contribution in [3.8, 4) is 6.07 Å². The highest BCUT2D eigenvalue weighted by Crippen LogP contribution is 2.22. The monoisotopic (exact) mass is 319 g/mol. The third-order valence-electron chi connectivity index (χ3n) is 1.60. The second kappa shape index (κ2) is 4.66. The van der Waals surface area contributed by atoms with E-state index in [1.54, 1.807) is 12.1 Å². The molecule has 0 aliphatic heterocycles. The van der Waals surface area contributed by atoms with Gasteiger partial charge < -0.3 is 4.74 Å². The van der Waals surface area contributed by atoms with E-state index in [4.69, 9.17) is 5.26 Å². The van der Waals surface area contributed by atoms with E-state index in [0.717, 1.165) is 3.57 Å². The third-order valence-corrected chi connectivity index (χ3v) is 2.57. The lowest BCUT2D eigenvalue weighted by molar-refractivity contribution is 0.0600. The van der Waals surface area contributed by atoms with Crippen LogP contribution in [0.4, 0.5) is 0 Å². The van der Waals surface area contributed by atoms with Gasteiger partial charge in [-0.2, -0.15) is 5.26 Å². The molecule has 0 amide bonds. The van der Waals surface area contributed by atoms with Crippen molar-refractivity contribution in [2.24, 2.45) is 0 Å². The number of carbonyl (C=O) groups is 1. The zero-order chi connectivity index (χ0) is 10.7. The molecule has 0 aliphatic carbocycles. The number of halogens is 1. The fourth-order valence-corrected chi connectivity index (χ4v) is 2.16. The van der Waals surface area contributed by atoms with E-state index in [9.17, 15) is 4.79 Å². The van der Waals surface area contributed by atoms with Gasteiger partial charge in [0.15, 0.2) is 0 Å². The second-order valence-electron chi connectivity index (χ2n) is 2.45. The summed E-state index contributed by atoms with van der Waals surface area (Å²) in [7, 11) is 1.28. The molecule has 72 valence electrons. The number of nitrogens with zero attached hydrogens (tertiary/aromatic N) is 1. The minimum absolute atomic E-state index is 0.251. The molecule has 0 N–H and O–H groups in total. The van der Waals surface area contributed by atoms with Crippen LogP contribution in [0.25, 0.3) is 0 Å². The normalized spacial score (nSPS) is 9.29. The van der Waals surface area contributed by atoms with Crippen molar-refractivity contribution in [3.63, 3.8) is 0 Å². The topological polar surface area (TPSA) is 50.1 Å². The standard InChI is InChI=1S/C9H6INO2S/c1-13-9(12)6-2-5(10)3-8(14)7(6)4-11/h2-3,14H,1H3. The molecule has 14 heavy (non-hydrogen) atoms. The van der Waals surface area contributed by atoms with Gasteiger partial charge in [0, 0.05) is 8.47 Å². The van der Waals surface area contributed by atoms with Crippen LogP contribution in [0.2, 0.25) is 0 Å². The number of rotatable bonds is 1. The predicted octanol–water partition coefficient (Wildman–Crippen LogP) is 2.24. The molecule has 0 unspecified atom stereocenters. The van der Waals surface area contributed by atoms with Crippen LogP contribution in [0, 0.1) is 14.9 Å². The lowest BCUT2D eigenvalue weighted by Gasteiger charge is -2.04. The molecule has 0 saturated carbocycles. The Morgan fingerprint density at radius 2 is 2.29 bits per heavy atom. The highest BCUT2D eigenvalue weighted by molar-refractivity contribution is 14.1. The van der Waals surface area contributed by atoms with Crippen molar-refractivity contribution < 1.29 is 9.53 Å². The number of thiol groups is 1.